The van der Waals surface area contributed by atoms with Gasteiger partial charge in [-0.05, 0) is 31.0 Å². The molecule has 2 amide bonds. The SMILES string of the molecule is COCCn1cc(NC(=O)NC(C)Cc2ccc(O)cc2)cn1. The highest BCUT2D eigenvalue weighted by Gasteiger charge is 2.09. The molecule has 1 aromatic heterocycles. The Kier molecular flexibility index (Phi) is 5.99. The molecular weight excluding hydrogens is 296 g/mol. The topological polar surface area (TPSA) is 88.4 Å². The quantitative estimate of drug-likeness (QED) is 0.728. The van der Waals surface area contributed by atoms with E-state index in [1.165, 1.54) is 0 Å². The van der Waals surface area contributed by atoms with E-state index in [0.29, 0.717) is 25.3 Å². The molecule has 0 spiro atoms. The number of methoxy groups -OCH3 is 1. The fourth-order valence-electron chi connectivity index (χ4n) is 2.16. The number of urea groups is 1. The highest BCUT2D eigenvalue weighted by molar-refractivity contribution is 5.89. The maximum atomic E-state index is 12.0. The van der Waals surface area contributed by atoms with Crippen molar-refractivity contribution in [1.82, 2.24) is 15.1 Å². The molecule has 0 saturated heterocycles. The summed E-state index contributed by atoms with van der Waals surface area (Å²) in [5.41, 5.74) is 1.68. The van der Waals surface area contributed by atoms with Gasteiger partial charge in [-0.3, -0.25) is 4.68 Å². The number of aromatic hydroxyl groups is 1. The van der Waals surface area contributed by atoms with Crippen molar-refractivity contribution in [3.8, 4) is 5.75 Å². The van der Waals surface area contributed by atoms with Crippen LogP contribution in [0.3, 0.4) is 0 Å². The summed E-state index contributed by atoms with van der Waals surface area (Å²) >= 11 is 0. The van der Waals surface area contributed by atoms with Crippen LogP contribution in [-0.2, 0) is 17.7 Å². The van der Waals surface area contributed by atoms with E-state index in [1.54, 1.807) is 36.3 Å². The molecule has 3 N–H and O–H groups in total. The molecule has 1 heterocycles. The molecule has 7 heteroatoms. The van der Waals surface area contributed by atoms with Crippen molar-refractivity contribution in [2.75, 3.05) is 19.0 Å². The predicted molar refractivity (Wildman–Crippen MR) is 87.5 cm³/mol. The zero-order valence-corrected chi connectivity index (χ0v) is 13.3. The third-order valence-corrected chi connectivity index (χ3v) is 3.27. The molecule has 124 valence electrons. The van der Waals surface area contributed by atoms with Crippen molar-refractivity contribution in [3.05, 3.63) is 42.2 Å². The number of ether oxygens (including phenoxy) is 1. The van der Waals surface area contributed by atoms with Gasteiger partial charge in [0.05, 0.1) is 25.0 Å². The van der Waals surface area contributed by atoms with E-state index in [0.717, 1.165) is 5.56 Å². The number of nitrogens with one attached hydrogen (secondary N) is 2. The average molecular weight is 318 g/mol. The van der Waals surface area contributed by atoms with Gasteiger partial charge < -0.3 is 20.5 Å². The minimum Gasteiger partial charge on any atom is -0.508 e. The Bertz CT molecular complexity index is 625. The van der Waals surface area contributed by atoms with E-state index >= 15 is 0 Å². The van der Waals surface area contributed by atoms with Gasteiger partial charge in [0.15, 0.2) is 0 Å². The molecule has 0 radical (unpaired) electrons. The van der Waals surface area contributed by atoms with Gasteiger partial charge in [-0.1, -0.05) is 12.1 Å². The minimum atomic E-state index is -0.275. The van der Waals surface area contributed by atoms with Crippen molar-refractivity contribution < 1.29 is 14.6 Å². The summed E-state index contributed by atoms with van der Waals surface area (Å²) in [5, 5.41) is 19.0. The van der Waals surface area contributed by atoms with Gasteiger partial charge in [-0.25, -0.2) is 4.79 Å². The maximum absolute atomic E-state index is 12.0. The fraction of sp³-hybridized carbons (Fsp3) is 0.375. The maximum Gasteiger partial charge on any atom is 0.319 e. The summed E-state index contributed by atoms with van der Waals surface area (Å²) in [6.07, 6.45) is 4.03. The van der Waals surface area contributed by atoms with Crippen LogP contribution in [0.2, 0.25) is 0 Å². The van der Waals surface area contributed by atoms with Gasteiger partial charge in [0.25, 0.3) is 0 Å². The Morgan fingerprint density at radius 3 is 2.83 bits per heavy atom. The van der Waals surface area contributed by atoms with Crippen molar-refractivity contribution in [2.45, 2.75) is 25.9 Å². The number of carbonyl (C=O) groups is 1. The van der Waals surface area contributed by atoms with Gasteiger partial charge in [-0.15, -0.1) is 0 Å². The second-order valence-corrected chi connectivity index (χ2v) is 5.35. The molecule has 1 unspecified atom stereocenters. The fourth-order valence-corrected chi connectivity index (χ4v) is 2.16. The van der Waals surface area contributed by atoms with E-state index in [2.05, 4.69) is 15.7 Å². The second-order valence-electron chi connectivity index (χ2n) is 5.35. The van der Waals surface area contributed by atoms with Crippen molar-refractivity contribution in [3.63, 3.8) is 0 Å². The number of hydrogen-bond acceptors (Lipinski definition) is 4. The van der Waals surface area contributed by atoms with Crippen LogP contribution in [0.25, 0.3) is 0 Å². The molecular formula is C16H22N4O3. The second kappa shape index (κ2) is 8.19. The van der Waals surface area contributed by atoms with Gasteiger partial charge >= 0.3 is 6.03 Å². The number of aromatic nitrogens is 2. The Hall–Kier alpha value is -2.54. The number of rotatable bonds is 7. The predicted octanol–water partition coefficient (Wildman–Crippen LogP) is 1.99. The number of hydrogen-bond donors (Lipinski definition) is 3. The van der Waals surface area contributed by atoms with Crippen LogP contribution in [0.1, 0.15) is 12.5 Å². The number of benzene rings is 1. The van der Waals surface area contributed by atoms with Crippen LogP contribution < -0.4 is 10.6 Å². The van der Waals surface area contributed by atoms with Crippen LogP contribution in [-0.4, -0.2) is 40.7 Å². The van der Waals surface area contributed by atoms with Crippen molar-refractivity contribution in [2.24, 2.45) is 0 Å². The molecule has 0 fully saturated rings. The first-order valence-electron chi connectivity index (χ1n) is 7.43. The van der Waals surface area contributed by atoms with Crippen molar-refractivity contribution >= 4 is 11.7 Å². The Morgan fingerprint density at radius 2 is 2.13 bits per heavy atom. The lowest BCUT2D eigenvalue weighted by Gasteiger charge is -2.14. The molecule has 7 nitrogen and oxygen atoms in total. The summed E-state index contributed by atoms with van der Waals surface area (Å²) in [5.74, 6) is 0.234. The first-order valence-corrected chi connectivity index (χ1v) is 7.43. The molecule has 2 aromatic rings. The van der Waals surface area contributed by atoms with E-state index in [9.17, 15) is 9.90 Å². The molecule has 0 aliphatic rings. The van der Waals surface area contributed by atoms with Crippen LogP contribution in [0.15, 0.2) is 36.7 Å². The van der Waals surface area contributed by atoms with Crippen LogP contribution in [0, 0.1) is 0 Å². The van der Waals surface area contributed by atoms with E-state index < -0.39 is 0 Å². The number of phenols is 1. The van der Waals surface area contributed by atoms with Gasteiger partial charge in [0, 0.05) is 19.3 Å². The van der Waals surface area contributed by atoms with E-state index in [-0.39, 0.29) is 17.8 Å². The zero-order chi connectivity index (χ0) is 16.7. The van der Waals surface area contributed by atoms with Crippen LogP contribution in [0.4, 0.5) is 10.5 Å². The molecule has 1 aromatic carbocycles. The summed E-state index contributed by atoms with van der Waals surface area (Å²) in [6, 6.07) is 6.63. The highest BCUT2D eigenvalue weighted by atomic mass is 16.5. The molecule has 0 aliphatic carbocycles. The monoisotopic (exact) mass is 318 g/mol. The molecule has 0 bridgehead atoms. The first-order chi connectivity index (χ1) is 11.1. The van der Waals surface area contributed by atoms with Gasteiger partial charge in [0.1, 0.15) is 5.75 Å². The first kappa shape index (κ1) is 16.8. The van der Waals surface area contributed by atoms with Crippen molar-refractivity contribution in [1.29, 1.82) is 0 Å². The summed E-state index contributed by atoms with van der Waals surface area (Å²) in [6.45, 7) is 3.13. The minimum absolute atomic E-state index is 0.0388. The largest absolute Gasteiger partial charge is 0.508 e. The highest BCUT2D eigenvalue weighted by Crippen LogP contribution is 2.11. The number of amides is 2. The van der Waals surface area contributed by atoms with E-state index in [4.69, 9.17) is 4.74 Å². The third kappa shape index (κ3) is 5.63. The van der Waals surface area contributed by atoms with Crippen LogP contribution >= 0.6 is 0 Å². The molecule has 23 heavy (non-hydrogen) atoms. The van der Waals surface area contributed by atoms with E-state index in [1.807, 2.05) is 19.1 Å². The molecule has 1 atom stereocenters. The van der Waals surface area contributed by atoms with Gasteiger partial charge in [-0.2, -0.15) is 5.10 Å². The lowest BCUT2D eigenvalue weighted by molar-refractivity contribution is 0.183. The Labute approximate surface area is 135 Å². The third-order valence-electron chi connectivity index (χ3n) is 3.27. The smallest absolute Gasteiger partial charge is 0.319 e. The lowest BCUT2D eigenvalue weighted by atomic mass is 10.1. The molecule has 0 aliphatic heterocycles. The number of anilines is 1. The number of carbonyl (C=O) groups excluding carboxylic acids is 1. The summed E-state index contributed by atoms with van der Waals surface area (Å²) in [7, 11) is 1.63. The standard InChI is InChI=1S/C16H22N4O3/c1-12(9-13-3-5-15(21)6-4-13)18-16(22)19-14-10-17-20(11-14)7-8-23-2/h3-6,10-12,21H,7-9H2,1-2H3,(H2,18,19,22). The van der Waals surface area contributed by atoms with Gasteiger partial charge in [0.2, 0.25) is 0 Å². The number of nitrogens with zero attached hydrogens (tertiary/aromatic N) is 2. The molecule has 0 saturated carbocycles. The average Bonchev–Trinajstić information content (AvgIpc) is 2.94. The van der Waals surface area contributed by atoms with Crippen LogP contribution in [0.5, 0.6) is 5.75 Å². The Balaban J connectivity index is 1.79. The zero-order valence-electron chi connectivity index (χ0n) is 13.3. The summed E-state index contributed by atoms with van der Waals surface area (Å²) in [4.78, 5) is 12.0. The normalized spacial score (nSPS) is 11.9. The Morgan fingerprint density at radius 1 is 1.39 bits per heavy atom. The summed E-state index contributed by atoms with van der Waals surface area (Å²) < 4.78 is 6.68. The lowest BCUT2D eigenvalue weighted by Crippen LogP contribution is -2.37. The molecule has 2 rings (SSSR count). The number of phenolic OH excluding ortho intramolecular Hbond substituents is 1.